The first-order chi connectivity index (χ1) is 12.4. The highest BCUT2D eigenvalue weighted by Gasteiger charge is 2.52. The third-order valence-electron chi connectivity index (χ3n) is 5.60. The van der Waals surface area contributed by atoms with Gasteiger partial charge in [0.1, 0.15) is 0 Å². The standard InChI is InChI=1S/C20H29N3O3S/c1-19(2)13-18(20(3,4)23(19)24)21-27(25,26)17-12-8-9-14-15(17)10-7-11-16(14)22(5)6/h7-12,18,21,24H,13H2,1-6H3. The molecule has 1 aliphatic rings. The number of nitrogens with one attached hydrogen (secondary N) is 1. The summed E-state index contributed by atoms with van der Waals surface area (Å²) in [6.45, 7) is 7.51. The lowest BCUT2D eigenvalue weighted by Crippen LogP contribution is -2.53. The molecular formula is C20H29N3O3S. The number of sulfonamides is 1. The minimum Gasteiger partial charge on any atom is -0.377 e. The summed E-state index contributed by atoms with van der Waals surface area (Å²) in [6.07, 6.45) is 0.517. The van der Waals surface area contributed by atoms with Gasteiger partial charge in [-0.3, -0.25) is 0 Å². The van der Waals surface area contributed by atoms with Crippen molar-refractivity contribution in [3.8, 4) is 0 Å². The van der Waals surface area contributed by atoms with Crippen LogP contribution in [0.5, 0.6) is 0 Å². The number of fused-ring (bicyclic) bond motifs is 1. The van der Waals surface area contributed by atoms with E-state index in [-0.39, 0.29) is 4.90 Å². The topological polar surface area (TPSA) is 72.9 Å². The van der Waals surface area contributed by atoms with E-state index in [2.05, 4.69) is 4.72 Å². The van der Waals surface area contributed by atoms with Gasteiger partial charge in [-0.1, -0.05) is 24.3 Å². The van der Waals surface area contributed by atoms with Gasteiger partial charge in [0, 0.05) is 42.1 Å². The van der Waals surface area contributed by atoms with E-state index in [0.29, 0.717) is 11.8 Å². The number of nitrogens with zero attached hydrogens (tertiary/aromatic N) is 2. The summed E-state index contributed by atoms with van der Waals surface area (Å²) in [6, 6.07) is 10.6. The van der Waals surface area contributed by atoms with E-state index >= 15 is 0 Å². The van der Waals surface area contributed by atoms with Crippen LogP contribution in [0, 0.1) is 0 Å². The molecule has 1 heterocycles. The molecule has 1 atom stereocenters. The molecule has 27 heavy (non-hydrogen) atoms. The van der Waals surface area contributed by atoms with Crippen LogP contribution in [0.1, 0.15) is 34.1 Å². The van der Waals surface area contributed by atoms with Crippen molar-refractivity contribution in [3.63, 3.8) is 0 Å². The molecular weight excluding hydrogens is 362 g/mol. The van der Waals surface area contributed by atoms with Crippen LogP contribution in [-0.4, -0.2) is 49.9 Å². The smallest absolute Gasteiger partial charge is 0.241 e. The first kappa shape index (κ1) is 20.1. The van der Waals surface area contributed by atoms with Gasteiger partial charge in [-0.25, -0.2) is 13.1 Å². The SMILES string of the molecule is CN(C)c1cccc2c(S(=O)(=O)NC3CC(C)(C)N(O)C3(C)C)cccc12. The molecule has 2 aromatic carbocycles. The number of rotatable bonds is 4. The first-order valence-electron chi connectivity index (χ1n) is 9.08. The molecule has 1 aliphatic heterocycles. The van der Waals surface area contributed by atoms with Gasteiger partial charge in [-0.15, -0.1) is 0 Å². The Labute approximate surface area is 161 Å². The van der Waals surface area contributed by atoms with Crippen LogP contribution in [0.15, 0.2) is 41.3 Å². The van der Waals surface area contributed by atoms with E-state index < -0.39 is 27.1 Å². The maximum Gasteiger partial charge on any atom is 0.241 e. The Balaban J connectivity index is 2.05. The number of hydrogen-bond acceptors (Lipinski definition) is 5. The lowest BCUT2D eigenvalue weighted by Gasteiger charge is -2.35. The summed E-state index contributed by atoms with van der Waals surface area (Å²) in [5.41, 5.74) is -0.253. The van der Waals surface area contributed by atoms with Crippen molar-refractivity contribution in [3.05, 3.63) is 36.4 Å². The minimum atomic E-state index is -3.76. The Morgan fingerprint density at radius 1 is 1.07 bits per heavy atom. The third kappa shape index (κ3) is 3.33. The third-order valence-corrected chi connectivity index (χ3v) is 7.13. The molecule has 1 saturated heterocycles. The van der Waals surface area contributed by atoms with Gasteiger partial charge >= 0.3 is 0 Å². The quantitative estimate of drug-likeness (QED) is 0.837. The van der Waals surface area contributed by atoms with E-state index in [1.54, 1.807) is 12.1 Å². The molecule has 1 fully saturated rings. The molecule has 0 aromatic heterocycles. The minimum absolute atomic E-state index is 0.258. The van der Waals surface area contributed by atoms with Crippen molar-refractivity contribution in [1.29, 1.82) is 0 Å². The lowest BCUT2D eigenvalue weighted by molar-refractivity contribution is -0.193. The molecule has 0 saturated carbocycles. The van der Waals surface area contributed by atoms with Gasteiger partial charge in [-0.2, -0.15) is 5.06 Å². The summed E-state index contributed by atoms with van der Waals surface area (Å²) in [4.78, 5) is 2.23. The number of anilines is 1. The average Bonchev–Trinajstić information content (AvgIpc) is 2.72. The second kappa shape index (κ2) is 6.44. The molecule has 0 spiro atoms. The Morgan fingerprint density at radius 3 is 2.22 bits per heavy atom. The zero-order valence-electron chi connectivity index (χ0n) is 16.8. The van der Waals surface area contributed by atoms with E-state index in [4.69, 9.17) is 0 Å². The van der Waals surface area contributed by atoms with Gasteiger partial charge in [0.05, 0.1) is 10.4 Å². The molecule has 1 unspecified atom stereocenters. The van der Waals surface area contributed by atoms with Crippen molar-refractivity contribution in [2.45, 2.75) is 56.1 Å². The zero-order valence-corrected chi connectivity index (χ0v) is 17.6. The van der Waals surface area contributed by atoms with Crippen LogP contribution >= 0.6 is 0 Å². The molecule has 0 amide bonds. The molecule has 0 bridgehead atoms. The van der Waals surface area contributed by atoms with E-state index in [1.165, 1.54) is 5.06 Å². The average molecular weight is 392 g/mol. The van der Waals surface area contributed by atoms with Crippen molar-refractivity contribution in [1.82, 2.24) is 9.79 Å². The second-order valence-corrected chi connectivity index (χ2v) is 10.4. The summed E-state index contributed by atoms with van der Waals surface area (Å²) in [7, 11) is 0.112. The molecule has 0 aliphatic carbocycles. The molecule has 7 heteroatoms. The number of hydroxylamine groups is 2. The summed E-state index contributed by atoms with van der Waals surface area (Å²) >= 11 is 0. The van der Waals surface area contributed by atoms with Gasteiger partial charge in [0.25, 0.3) is 0 Å². The van der Waals surface area contributed by atoms with E-state index in [0.717, 1.165) is 11.1 Å². The molecule has 0 radical (unpaired) electrons. The highest BCUT2D eigenvalue weighted by Crippen LogP contribution is 2.40. The molecule has 3 rings (SSSR count). The Morgan fingerprint density at radius 2 is 1.67 bits per heavy atom. The van der Waals surface area contributed by atoms with E-state index in [1.807, 2.05) is 71.0 Å². The fourth-order valence-corrected chi connectivity index (χ4v) is 5.69. The Kier molecular flexibility index (Phi) is 4.79. The number of hydrogen-bond donors (Lipinski definition) is 2. The van der Waals surface area contributed by atoms with Crippen LogP contribution in [-0.2, 0) is 10.0 Å². The monoisotopic (exact) mass is 391 g/mol. The van der Waals surface area contributed by atoms with Crippen molar-refractivity contribution < 1.29 is 13.6 Å². The fourth-order valence-electron chi connectivity index (χ4n) is 4.09. The van der Waals surface area contributed by atoms with Crippen molar-refractivity contribution in [2.24, 2.45) is 0 Å². The maximum absolute atomic E-state index is 13.3. The van der Waals surface area contributed by atoms with Gasteiger partial charge in [0.15, 0.2) is 0 Å². The lowest BCUT2D eigenvalue weighted by atomic mass is 9.95. The predicted octanol–water partition coefficient (Wildman–Crippen LogP) is 3.20. The largest absolute Gasteiger partial charge is 0.377 e. The summed E-state index contributed by atoms with van der Waals surface area (Å²) in [5, 5.41) is 13.3. The molecule has 2 N–H and O–H groups in total. The van der Waals surface area contributed by atoms with Crippen LogP contribution in [0.4, 0.5) is 5.69 Å². The predicted molar refractivity (Wildman–Crippen MR) is 109 cm³/mol. The van der Waals surface area contributed by atoms with Gasteiger partial charge in [-0.05, 0) is 46.2 Å². The maximum atomic E-state index is 13.3. The molecule has 148 valence electrons. The second-order valence-electron chi connectivity index (χ2n) is 8.68. The first-order valence-corrected chi connectivity index (χ1v) is 10.6. The van der Waals surface area contributed by atoms with Crippen molar-refractivity contribution >= 4 is 26.5 Å². The van der Waals surface area contributed by atoms with Crippen LogP contribution in [0.2, 0.25) is 0 Å². The summed E-state index contributed by atoms with van der Waals surface area (Å²) < 4.78 is 29.4. The molecule has 6 nitrogen and oxygen atoms in total. The Hall–Kier alpha value is -1.67. The van der Waals surface area contributed by atoms with Crippen LogP contribution in [0.25, 0.3) is 10.8 Å². The van der Waals surface area contributed by atoms with Gasteiger partial charge < -0.3 is 10.1 Å². The highest BCUT2D eigenvalue weighted by atomic mass is 32.2. The highest BCUT2D eigenvalue weighted by molar-refractivity contribution is 7.89. The van der Waals surface area contributed by atoms with Crippen LogP contribution in [0.3, 0.4) is 0 Å². The van der Waals surface area contributed by atoms with E-state index in [9.17, 15) is 13.6 Å². The number of benzene rings is 2. The van der Waals surface area contributed by atoms with Crippen LogP contribution < -0.4 is 9.62 Å². The fraction of sp³-hybridized carbons (Fsp3) is 0.500. The summed E-state index contributed by atoms with van der Waals surface area (Å²) in [5.74, 6) is 0. The zero-order chi connectivity index (χ0) is 20.2. The Bertz CT molecular complexity index is 968. The van der Waals surface area contributed by atoms with Crippen molar-refractivity contribution in [2.75, 3.05) is 19.0 Å². The normalized spacial score (nSPS) is 22.3. The molecule has 2 aromatic rings. The van der Waals surface area contributed by atoms with Gasteiger partial charge in [0.2, 0.25) is 10.0 Å².